The molecule has 1 aromatic heterocycles. The molecular weight excluding hydrogens is 703 g/mol. The molecule has 284 valence electrons. The van der Waals surface area contributed by atoms with Gasteiger partial charge in [0.05, 0.1) is 29.4 Å². The number of primary amides is 1. The molecule has 1 saturated carbocycles. The fraction of sp³-hybridized carbons (Fsp3) is 0.541. The second kappa shape index (κ2) is 15.0. The first-order valence-corrected chi connectivity index (χ1v) is 20.0. The molecule has 3 atom stereocenters. The number of carbonyl (C=O) groups is 5. The molecule has 3 aromatic rings. The van der Waals surface area contributed by atoms with Crippen LogP contribution in [-0.2, 0) is 34.6 Å². The summed E-state index contributed by atoms with van der Waals surface area (Å²) in [5, 5.41) is 26.5. The maximum Gasteiger partial charge on any atom is 0.287 e. The minimum absolute atomic E-state index is 0.0159. The molecule has 1 unspecified atom stereocenters. The molecule has 4 amide bonds. The van der Waals surface area contributed by atoms with E-state index < -0.39 is 80.0 Å². The number of nitrogens with zero attached hydrogens (tertiary/aromatic N) is 4. The molecule has 2 aromatic carbocycles. The van der Waals surface area contributed by atoms with Crippen molar-refractivity contribution in [2.24, 2.45) is 11.7 Å². The lowest BCUT2D eigenvalue weighted by Crippen LogP contribution is -2.64. The molecule has 53 heavy (non-hydrogen) atoms. The van der Waals surface area contributed by atoms with E-state index in [0.717, 1.165) is 42.9 Å². The van der Waals surface area contributed by atoms with Gasteiger partial charge in [-0.3, -0.25) is 24.0 Å². The van der Waals surface area contributed by atoms with Gasteiger partial charge in [-0.2, -0.15) is 0 Å². The van der Waals surface area contributed by atoms with Gasteiger partial charge in [0.1, 0.15) is 23.2 Å². The van der Waals surface area contributed by atoms with Crippen molar-refractivity contribution in [3.63, 3.8) is 0 Å². The Hall–Kier alpha value is -4.70. The normalized spacial score (nSPS) is 22.2. The van der Waals surface area contributed by atoms with E-state index >= 15 is 0 Å². The number of aromatic nitrogens is 3. The SMILES string of the molecule is CC(C)(O)c1cnnn1[C@H]1C[C@@H](C(=O)NC2(C(=O)C(N)=O)CCS(=O)(=O)CC2)N(C(=O)C(CC2CCCCC2)NC(=O)c2ccc3ccccc3c2)C1. The van der Waals surface area contributed by atoms with Crippen LogP contribution >= 0.6 is 0 Å². The number of carbonyl (C=O) groups excluding carboxylic acids is 5. The monoisotopic (exact) mass is 749 g/mol. The molecule has 3 aliphatic rings. The first-order valence-electron chi connectivity index (χ1n) is 18.2. The summed E-state index contributed by atoms with van der Waals surface area (Å²) in [7, 11) is -3.52. The molecule has 5 N–H and O–H groups in total. The number of ketones is 1. The van der Waals surface area contributed by atoms with Crippen LogP contribution in [-0.4, -0.2) is 98.5 Å². The van der Waals surface area contributed by atoms with Crippen molar-refractivity contribution >= 4 is 50.0 Å². The second-order valence-corrected chi connectivity index (χ2v) is 17.6. The number of fused-ring (bicyclic) bond motifs is 1. The lowest BCUT2D eigenvalue weighted by atomic mass is 9.84. The van der Waals surface area contributed by atoms with Gasteiger partial charge >= 0.3 is 0 Å². The van der Waals surface area contributed by atoms with Crippen molar-refractivity contribution in [1.29, 1.82) is 0 Å². The van der Waals surface area contributed by atoms with Crippen molar-refractivity contribution in [2.75, 3.05) is 18.1 Å². The average Bonchev–Trinajstić information content (AvgIpc) is 3.81. The molecule has 1 aliphatic carbocycles. The standard InChI is InChI=1S/C37H47N7O8S/c1-36(2,50)30-21-39-42-44(30)27-20-29(34(48)41-37(31(45)32(38)46)14-16-53(51,52)17-15-37)43(22-27)35(49)28(18-23-8-4-3-5-9-23)40-33(47)26-13-12-24-10-6-7-11-25(24)19-26/h6-7,10-13,19,21,23,27-29,50H,3-5,8-9,14-18,20,22H2,1-2H3,(H2,38,46)(H,40,47)(H,41,48)/t27-,28?,29-/m0/s1. The van der Waals surface area contributed by atoms with Crippen molar-refractivity contribution in [3.8, 4) is 0 Å². The van der Waals surface area contributed by atoms with Crippen LogP contribution in [0.5, 0.6) is 0 Å². The molecule has 6 rings (SSSR count). The van der Waals surface area contributed by atoms with Crippen LogP contribution in [0.4, 0.5) is 0 Å². The van der Waals surface area contributed by atoms with E-state index in [-0.39, 0.29) is 31.7 Å². The van der Waals surface area contributed by atoms with Crippen molar-refractivity contribution in [1.82, 2.24) is 30.5 Å². The maximum absolute atomic E-state index is 14.8. The van der Waals surface area contributed by atoms with Gasteiger partial charge in [-0.25, -0.2) is 13.1 Å². The molecule has 16 heteroatoms. The van der Waals surface area contributed by atoms with Gasteiger partial charge in [0.15, 0.2) is 9.84 Å². The van der Waals surface area contributed by atoms with Crippen LogP contribution in [0.2, 0.25) is 0 Å². The molecule has 0 spiro atoms. The van der Waals surface area contributed by atoms with E-state index in [0.29, 0.717) is 17.7 Å². The number of rotatable bonds is 11. The lowest BCUT2D eigenvalue weighted by molar-refractivity contribution is -0.145. The highest BCUT2D eigenvalue weighted by molar-refractivity contribution is 7.91. The summed E-state index contributed by atoms with van der Waals surface area (Å²) in [6.45, 7) is 3.06. The van der Waals surface area contributed by atoms with Gasteiger partial charge in [0.25, 0.3) is 11.8 Å². The first kappa shape index (κ1) is 38.0. The molecule has 0 radical (unpaired) electrons. The summed E-state index contributed by atoms with van der Waals surface area (Å²) in [4.78, 5) is 69.8. The van der Waals surface area contributed by atoms with Crippen LogP contribution in [0.15, 0.2) is 48.7 Å². The number of hydrogen-bond donors (Lipinski definition) is 4. The Morgan fingerprint density at radius 3 is 2.36 bits per heavy atom. The number of benzene rings is 2. The highest BCUT2D eigenvalue weighted by Gasteiger charge is 2.50. The van der Waals surface area contributed by atoms with E-state index in [1.165, 1.54) is 15.8 Å². The van der Waals surface area contributed by atoms with Gasteiger partial charge in [-0.15, -0.1) is 5.10 Å². The summed E-state index contributed by atoms with van der Waals surface area (Å²) in [6.07, 6.45) is 5.87. The van der Waals surface area contributed by atoms with Crippen LogP contribution in [0.1, 0.15) is 93.7 Å². The van der Waals surface area contributed by atoms with E-state index in [9.17, 15) is 37.5 Å². The summed E-state index contributed by atoms with van der Waals surface area (Å²) in [5.74, 6) is -4.92. The number of Topliss-reactive ketones (excluding diaryl/α,β-unsaturated/α-hetero) is 1. The zero-order valence-corrected chi connectivity index (χ0v) is 30.8. The number of likely N-dealkylation sites (tertiary alicyclic amines) is 1. The quantitative estimate of drug-likeness (QED) is 0.208. The summed E-state index contributed by atoms with van der Waals surface area (Å²) < 4.78 is 26.1. The predicted octanol–water partition coefficient (Wildman–Crippen LogP) is 1.69. The third-order valence-electron chi connectivity index (χ3n) is 11.0. The van der Waals surface area contributed by atoms with Crippen molar-refractivity contribution < 1.29 is 37.5 Å². The summed E-state index contributed by atoms with van der Waals surface area (Å²) in [6, 6.07) is 10.0. The minimum atomic E-state index is -3.52. The predicted molar refractivity (Wildman–Crippen MR) is 194 cm³/mol. The minimum Gasteiger partial charge on any atom is -0.384 e. The summed E-state index contributed by atoms with van der Waals surface area (Å²) >= 11 is 0. The molecule has 2 aliphatic heterocycles. The van der Waals surface area contributed by atoms with Gasteiger partial charge in [-0.1, -0.05) is 67.6 Å². The number of nitrogens with one attached hydrogen (secondary N) is 2. The summed E-state index contributed by atoms with van der Waals surface area (Å²) in [5.41, 5.74) is 2.85. The van der Waals surface area contributed by atoms with Crippen LogP contribution in [0.3, 0.4) is 0 Å². The number of sulfone groups is 1. The highest BCUT2D eigenvalue weighted by Crippen LogP contribution is 2.35. The van der Waals surface area contributed by atoms with Gasteiger partial charge in [-0.05, 0) is 61.9 Å². The van der Waals surface area contributed by atoms with Gasteiger partial charge < -0.3 is 26.4 Å². The molecule has 0 bridgehead atoms. The molecule has 2 saturated heterocycles. The number of nitrogens with two attached hydrogens (primary N) is 1. The third kappa shape index (κ3) is 8.28. The zero-order chi connectivity index (χ0) is 38.1. The van der Waals surface area contributed by atoms with E-state index in [1.807, 2.05) is 30.3 Å². The van der Waals surface area contributed by atoms with Gasteiger partial charge in [0.2, 0.25) is 17.6 Å². The topological polar surface area (TPSA) is 224 Å². The Morgan fingerprint density at radius 2 is 1.70 bits per heavy atom. The molecule has 3 fully saturated rings. The Kier molecular flexibility index (Phi) is 10.7. The maximum atomic E-state index is 14.8. The Balaban J connectivity index is 1.34. The fourth-order valence-corrected chi connectivity index (χ4v) is 9.56. The molecule has 15 nitrogen and oxygen atoms in total. The largest absolute Gasteiger partial charge is 0.384 e. The first-order chi connectivity index (χ1) is 25.1. The number of aliphatic hydroxyl groups is 1. The molecule has 3 heterocycles. The van der Waals surface area contributed by atoms with E-state index in [2.05, 4.69) is 20.9 Å². The Morgan fingerprint density at radius 1 is 1.02 bits per heavy atom. The van der Waals surface area contributed by atoms with E-state index in [4.69, 9.17) is 5.73 Å². The smallest absolute Gasteiger partial charge is 0.287 e. The Labute approximate surface area is 307 Å². The lowest BCUT2D eigenvalue weighted by Gasteiger charge is -2.37. The van der Waals surface area contributed by atoms with Gasteiger partial charge in [0, 0.05) is 18.5 Å². The number of hydrogen-bond acceptors (Lipinski definition) is 10. The van der Waals surface area contributed by atoms with Crippen molar-refractivity contribution in [3.05, 3.63) is 59.9 Å². The highest BCUT2D eigenvalue weighted by atomic mass is 32.2. The van der Waals surface area contributed by atoms with Crippen molar-refractivity contribution in [2.45, 2.75) is 101 Å². The Bertz CT molecular complexity index is 2000. The zero-order valence-electron chi connectivity index (χ0n) is 30.0. The van der Waals surface area contributed by atoms with Crippen LogP contribution in [0.25, 0.3) is 10.8 Å². The number of amides is 4. The van der Waals surface area contributed by atoms with E-state index in [1.54, 1.807) is 26.0 Å². The van der Waals surface area contributed by atoms with Crippen LogP contribution < -0.4 is 16.4 Å². The average molecular weight is 750 g/mol. The fourth-order valence-electron chi connectivity index (χ4n) is 8.03. The molecular formula is C37H47N7O8S. The second-order valence-electron chi connectivity index (χ2n) is 15.3. The van der Waals surface area contributed by atoms with Crippen LogP contribution in [0, 0.1) is 5.92 Å². The third-order valence-corrected chi connectivity index (χ3v) is 12.7.